The smallest absolute Gasteiger partial charge is 0.257 e. The van der Waals surface area contributed by atoms with Crippen LogP contribution in [-0.4, -0.2) is 29.3 Å². The number of alkyl halides is 1. The summed E-state index contributed by atoms with van der Waals surface area (Å²) in [6.07, 6.45) is 0. The van der Waals surface area contributed by atoms with Crippen molar-refractivity contribution in [2.24, 2.45) is 0 Å². The van der Waals surface area contributed by atoms with Gasteiger partial charge in [0.05, 0.1) is 21.1 Å². The van der Waals surface area contributed by atoms with Gasteiger partial charge in [-0.05, 0) is 26.0 Å². The van der Waals surface area contributed by atoms with Crippen molar-refractivity contribution >= 4 is 40.7 Å². The number of hydrogen-bond donors (Lipinski definition) is 0. The molecule has 1 aromatic rings. The molecule has 1 rings (SSSR count). The average Bonchev–Trinajstić information content (AvgIpc) is 2.27. The number of nitrogens with zero attached hydrogens (tertiary/aromatic N) is 1. The van der Waals surface area contributed by atoms with Gasteiger partial charge < -0.3 is 4.90 Å². The fourth-order valence-electron chi connectivity index (χ4n) is 1.23. The molecule has 0 spiro atoms. The third-order valence-electron chi connectivity index (χ3n) is 2.72. The van der Waals surface area contributed by atoms with E-state index in [1.165, 1.54) is 0 Å². The molecule has 94 valence electrons. The average molecular weight is 295 g/mol. The van der Waals surface area contributed by atoms with Crippen molar-refractivity contribution in [1.29, 1.82) is 0 Å². The molecule has 0 aliphatic rings. The van der Waals surface area contributed by atoms with Crippen molar-refractivity contribution in [2.75, 3.05) is 12.9 Å². The van der Waals surface area contributed by atoms with Gasteiger partial charge in [0.1, 0.15) is 0 Å². The monoisotopic (exact) mass is 293 g/mol. The lowest BCUT2D eigenvalue weighted by Crippen LogP contribution is -2.46. The van der Waals surface area contributed by atoms with Crippen molar-refractivity contribution in [1.82, 2.24) is 4.90 Å². The Morgan fingerprint density at radius 3 is 2.18 bits per heavy atom. The first-order valence-corrected chi connectivity index (χ1v) is 6.38. The predicted molar refractivity (Wildman–Crippen MR) is 73.4 cm³/mol. The number of carbonyl (C=O) groups excluding carboxylic acids is 1. The minimum atomic E-state index is -0.457. The first-order valence-electron chi connectivity index (χ1n) is 5.09. The second kappa shape index (κ2) is 5.47. The molecule has 2 nitrogen and oxygen atoms in total. The van der Waals surface area contributed by atoms with Crippen LogP contribution < -0.4 is 0 Å². The largest absolute Gasteiger partial charge is 0.335 e. The molecule has 0 bridgehead atoms. The van der Waals surface area contributed by atoms with Crippen molar-refractivity contribution < 1.29 is 4.79 Å². The molecule has 0 saturated heterocycles. The fraction of sp³-hybridized carbons (Fsp3) is 0.417. The number of hydrogen-bond acceptors (Lipinski definition) is 1. The molecule has 0 atom stereocenters. The highest BCUT2D eigenvalue weighted by atomic mass is 35.5. The number of benzene rings is 1. The topological polar surface area (TPSA) is 20.3 Å². The van der Waals surface area contributed by atoms with Crippen molar-refractivity contribution in [3.05, 3.63) is 33.8 Å². The summed E-state index contributed by atoms with van der Waals surface area (Å²) >= 11 is 17.8. The van der Waals surface area contributed by atoms with Gasteiger partial charge in [0.25, 0.3) is 5.91 Å². The maximum Gasteiger partial charge on any atom is 0.257 e. The third-order valence-corrected chi connectivity index (χ3v) is 4.00. The normalized spacial score (nSPS) is 11.4. The van der Waals surface area contributed by atoms with E-state index in [-0.39, 0.29) is 5.91 Å². The lowest BCUT2D eigenvalue weighted by atomic mass is 10.0. The Hall–Kier alpha value is -0.440. The zero-order valence-corrected chi connectivity index (χ0v) is 12.2. The highest BCUT2D eigenvalue weighted by Crippen LogP contribution is 2.27. The molecule has 0 aliphatic heterocycles. The van der Waals surface area contributed by atoms with Crippen LogP contribution in [0.2, 0.25) is 10.0 Å². The summed E-state index contributed by atoms with van der Waals surface area (Å²) < 4.78 is 0. The second-order valence-corrected chi connectivity index (χ2v) is 5.49. The summed E-state index contributed by atoms with van der Waals surface area (Å²) in [4.78, 5) is 13.8. The van der Waals surface area contributed by atoms with Gasteiger partial charge in [-0.25, -0.2) is 0 Å². The van der Waals surface area contributed by atoms with Crippen LogP contribution in [0, 0.1) is 0 Å². The van der Waals surface area contributed by atoms with Gasteiger partial charge in [-0.1, -0.05) is 29.3 Å². The van der Waals surface area contributed by atoms with Gasteiger partial charge in [0, 0.05) is 12.9 Å². The van der Waals surface area contributed by atoms with Gasteiger partial charge in [-0.15, -0.1) is 11.6 Å². The van der Waals surface area contributed by atoms with Crippen molar-refractivity contribution in [3.8, 4) is 0 Å². The lowest BCUT2D eigenvalue weighted by Gasteiger charge is -2.34. The summed E-state index contributed by atoms with van der Waals surface area (Å²) in [7, 11) is 1.68. The minimum Gasteiger partial charge on any atom is -0.335 e. The Balaban J connectivity index is 3.14. The first-order chi connectivity index (χ1) is 7.81. The van der Waals surface area contributed by atoms with Gasteiger partial charge >= 0.3 is 0 Å². The van der Waals surface area contributed by atoms with E-state index < -0.39 is 5.54 Å². The predicted octanol–water partition coefficient (Wildman–Crippen LogP) is 4.08. The van der Waals surface area contributed by atoms with Gasteiger partial charge in [0.2, 0.25) is 0 Å². The molecule has 0 unspecified atom stereocenters. The zero-order chi connectivity index (χ0) is 13.2. The molecular weight excluding hydrogens is 280 g/mol. The van der Waals surface area contributed by atoms with E-state index in [9.17, 15) is 4.79 Å². The molecular formula is C12H14Cl3NO. The molecule has 0 aliphatic carbocycles. The molecule has 5 heteroatoms. The summed E-state index contributed by atoms with van der Waals surface area (Å²) in [5.74, 6) is 0.100. The Morgan fingerprint density at radius 1 is 1.29 bits per heavy atom. The van der Waals surface area contributed by atoms with Crippen LogP contribution in [-0.2, 0) is 0 Å². The Kier molecular flexibility index (Phi) is 4.70. The first kappa shape index (κ1) is 14.6. The number of carbonyl (C=O) groups is 1. The van der Waals surface area contributed by atoms with E-state index >= 15 is 0 Å². The summed E-state index contributed by atoms with van der Waals surface area (Å²) in [5, 5.41) is 0.694. The van der Waals surface area contributed by atoms with Crippen LogP contribution in [0.1, 0.15) is 24.2 Å². The van der Waals surface area contributed by atoms with E-state index in [1.807, 2.05) is 13.8 Å². The quantitative estimate of drug-likeness (QED) is 0.769. The van der Waals surface area contributed by atoms with Crippen molar-refractivity contribution in [2.45, 2.75) is 19.4 Å². The summed E-state index contributed by atoms with van der Waals surface area (Å²) in [6.45, 7) is 3.76. The Labute approximate surface area is 116 Å². The molecule has 0 radical (unpaired) electrons. The maximum atomic E-state index is 12.3. The molecule has 17 heavy (non-hydrogen) atoms. The van der Waals surface area contributed by atoms with Crippen LogP contribution in [0.5, 0.6) is 0 Å². The lowest BCUT2D eigenvalue weighted by molar-refractivity contribution is 0.0660. The van der Waals surface area contributed by atoms with Gasteiger partial charge in [-0.2, -0.15) is 0 Å². The fourth-order valence-corrected chi connectivity index (χ4v) is 1.97. The molecule has 1 aromatic carbocycles. The van der Waals surface area contributed by atoms with E-state index in [2.05, 4.69) is 0 Å². The van der Waals surface area contributed by atoms with Crippen LogP contribution in [0.4, 0.5) is 0 Å². The van der Waals surface area contributed by atoms with E-state index in [0.717, 1.165) is 0 Å². The minimum absolute atomic E-state index is 0.230. The zero-order valence-electron chi connectivity index (χ0n) is 9.93. The van der Waals surface area contributed by atoms with E-state index in [1.54, 1.807) is 30.1 Å². The standard InChI is InChI=1S/C12H14Cl3NO/c1-12(2,7-13)16(3)11(17)10-8(14)5-4-6-9(10)15/h4-6H,7H2,1-3H3. The molecule has 0 aromatic heterocycles. The van der Waals surface area contributed by atoms with Crippen LogP contribution in [0.15, 0.2) is 18.2 Å². The van der Waals surface area contributed by atoms with Crippen LogP contribution in [0.3, 0.4) is 0 Å². The molecule has 0 saturated carbocycles. The Morgan fingerprint density at radius 2 is 1.76 bits per heavy atom. The number of halogens is 3. The summed E-state index contributed by atoms with van der Waals surface area (Å²) in [5.41, 5.74) is -0.141. The Bertz CT molecular complexity index is 412. The van der Waals surface area contributed by atoms with Crippen LogP contribution in [0.25, 0.3) is 0 Å². The van der Waals surface area contributed by atoms with E-state index in [4.69, 9.17) is 34.8 Å². The SMILES string of the molecule is CN(C(=O)c1c(Cl)cccc1Cl)C(C)(C)CCl. The maximum absolute atomic E-state index is 12.3. The third kappa shape index (κ3) is 3.06. The second-order valence-electron chi connectivity index (χ2n) is 4.41. The molecule has 0 N–H and O–H groups in total. The van der Waals surface area contributed by atoms with Crippen molar-refractivity contribution in [3.63, 3.8) is 0 Å². The van der Waals surface area contributed by atoms with Gasteiger partial charge in [-0.3, -0.25) is 4.79 Å². The van der Waals surface area contributed by atoms with E-state index in [0.29, 0.717) is 21.5 Å². The highest BCUT2D eigenvalue weighted by molar-refractivity contribution is 6.39. The van der Waals surface area contributed by atoms with Crippen LogP contribution >= 0.6 is 34.8 Å². The van der Waals surface area contributed by atoms with Gasteiger partial charge in [0.15, 0.2) is 0 Å². The number of amides is 1. The molecule has 0 fully saturated rings. The number of rotatable bonds is 3. The molecule has 1 amide bonds. The molecule has 0 heterocycles. The summed E-state index contributed by atoms with van der Waals surface area (Å²) in [6, 6.07) is 4.98. The highest BCUT2D eigenvalue weighted by Gasteiger charge is 2.29.